The molecule has 0 N–H and O–H groups in total. The largest absolute Gasteiger partial charge is 0.462 e. The summed E-state index contributed by atoms with van der Waals surface area (Å²) >= 11 is 0. The van der Waals surface area contributed by atoms with E-state index in [1.165, 1.54) is 12.1 Å². The first kappa shape index (κ1) is 29.8. The first-order valence-corrected chi connectivity index (χ1v) is 15.2. The second-order valence-electron chi connectivity index (χ2n) is 11.8. The van der Waals surface area contributed by atoms with Crippen molar-refractivity contribution in [2.45, 2.75) is 50.6 Å². The second-order valence-corrected chi connectivity index (χ2v) is 11.8. The summed E-state index contributed by atoms with van der Waals surface area (Å²) in [6.45, 7) is 6.57. The summed E-state index contributed by atoms with van der Waals surface area (Å²) < 4.78 is 37.5. The number of likely N-dealkylation sites (tertiary alicyclic amines) is 2. The van der Waals surface area contributed by atoms with Crippen LogP contribution in [0.3, 0.4) is 0 Å². The third kappa shape index (κ3) is 5.43. The predicted octanol–water partition coefficient (Wildman–Crippen LogP) is 4.45. The van der Waals surface area contributed by atoms with Crippen LogP contribution in [0.4, 0.5) is 26.1 Å². The Kier molecular flexibility index (Phi) is 8.36. The standard InChI is InChI=1S/C33H37F2N7O2/c1-5-24-26(34)14-13-21-10-7-17-42(30(21)24)32-28(35)29-25(18-36-32)31(38-33(37-29)44-20-23-12-8-15-39(23)3)40(4)19-22-11-9-16-41(22)27(43)6-2/h1,6,13-14,18,22-23H,2,7-12,15-17,19-20H2,3-4H3/t22-,23-/m0/s1. The van der Waals surface area contributed by atoms with Crippen molar-refractivity contribution in [3.05, 3.63) is 53.7 Å². The number of halogens is 2. The minimum atomic E-state index is -0.660. The third-order valence-electron chi connectivity index (χ3n) is 9.09. The molecule has 0 spiro atoms. The molecule has 0 aliphatic carbocycles. The van der Waals surface area contributed by atoms with Gasteiger partial charge in [-0.25, -0.2) is 13.8 Å². The predicted molar refractivity (Wildman–Crippen MR) is 166 cm³/mol. The minimum absolute atomic E-state index is 0.0212. The lowest BCUT2D eigenvalue weighted by Gasteiger charge is -2.32. The molecule has 0 saturated carbocycles. The number of rotatable bonds is 8. The zero-order valence-corrected chi connectivity index (χ0v) is 25.2. The van der Waals surface area contributed by atoms with Crippen molar-refractivity contribution in [3.8, 4) is 18.4 Å². The van der Waals surface area contributed by atoms with E-state index in [2.05, 4.69) is 34.4 Å². The van der Waals surface area contributed by atoms with E-state index < -0.39 is 11.6 Å². The molecule has 44 heavy (non-hydrogen) atoms. The van der Waals surface area contributed by atoms with Gasteiger partial charge in [0.1, 0.15) is 23.8 Å². The molecule has 0 radical (unpaired) electrons. The zero-order chi connectivity index (χ0) is 31.0. The van der Waals surface area contributed by atoms with Gasteiger partial charge in [0.25, 0.3) is 0 Å². The molecule has 3 aliphatic rings. The Morgan fingerprint density at radius 3 is 2.73 bits per heavy atom. The molecule has 2 atom stereocenters. The van der Waals surface area contributed by atoms with Gasteiger partial charge in [-0.1, -0.05) is 18.6 Å². The Bertz CT molecular complexity index is 1640. The normalized spacial score (nSPS) is 20.1. The number of terminal acetylenes is 1. The highest BCUT2D eigenvalue weighted by Crippen LogP contribution is 2.40. The number of hydrogen-bond acceptors (Lipinski definition) is 8. The van der Waals surface area contributed by atoms with Crippen LogP contribution in [0.15, 0.2) is 31.0 Å². The summed E-state index contributed by atoms with van der Waals surface area (Å²) in [6, 6.07) is 3.28. The molecule has 0 bridgehead atoms. The first-order chi connectivity index (χ1) is 21.3. The Morgan fingerprint density at radius 2 is 1.98 bits per heavy atom. The summed E-state index contributed by atoms with van der Waals surface area (Å²) in [4.78, 5) is 33.9. The molecule has 2 fully saturated rings. The quantitative estimate of drug-likeness (QED) is 0.277. The van der Waals surface area contributed by atoms with Gasteiger partial charge in [-0.05, 0) is 69.8 Å². The molecular weight excluding hydrogens is 564 g/mol. The van der Waals surface area contributed by atoms with Gasteiger partial charge < -0.3 is 24.3 Å². The number of pyridine rings is 1. The van der Waals surface area contributed by atoms with E-state index in [4.69, 9.17) is 16.1 Å². The second kappa shape index (κ2) is 12.4. The highest BCUT2D eigenvalue weighted by molar-refractivity contribution is 5.92. The van der Waals surface area contributed by atoms with E-state index in [-0.39, 0.29) is 40.9 Å². The fourth-order valence-electron chi connectivity index (χ4n) is 6.76. The molecule has 1 amide bonds. The van der Waals surface area contributed by atoms with Crippen molar-refractivity contribution in [2.24, 2.45) is 0 Å². The molecular formula is C33H37F2N7O2. The number of anilines is 3. The molecule has 1 aromatic carbocycles. The minimum Gasteiger partial charge on any atom is -0.462 e. The van der Waals surface area contributed by atoms with Gasteiger partial charge in [-0.3, -0.25) is 4.79 Å². The van der Waals surface area contributed by atoms with Crippen molar-refractivity contribution >= 4 is 34.1 Å². The number of ether oxygens (including phenoxy) is 1. The fourth-order valence-corrected chi connectivity index (χ4v) is 6.76. The number of likely N-dealkylation sites (N-methyl/N-ethyl adjacent to an activating group) is 2. The number of amides is 1. The monoisotopic (exact) mass is 601 g/mol. The van der Waals surface area contributed by atoms with Crippen LogP contribution < -0.4 is 14.5 Å². The number of aromatic nitrogens is 3. The van der Waals surface area contributed by atoms with Crippen LogP contribution in [0.25, 0.3) is 10.9 Å². The van der Waals surface area contributed by atoms with Crippen LogP contribution in [-0.2, 0) is 11.2 Å². The van der Waals surface area contributed by atoms with Crippen molar-refractivity contribution in [2.75, 3.05) is 56.7 Å². The maximum atomic E-state index is 16.6. The molecule has 11 heteroatoms. The van der Waals surface area contributed by atoms with Gasteiger partial charge in [0.15, 0.2) is 11.6 Å². The van der Waals surface area contributed by atoms with E-state index in [1.54, 1.807) is 17.2 Å². The molecule has 3 aromatic rings. The van der Waals surface area contributed by atoms with Gasteiger partial charge in [-0.15, -0.1) is 6.42 Å². The van der Waals surface area contributed by atoms with Crippen LogP contribution in [0.2, 0.25) is 0 Å². The molecule has 2 saturated heterocycles. The van der Waals surface area contributed by atoms with Gasteiger partial charge in [0.2, 0.25) is 5.91 Å². The maximum Gasteiger partial charge on any atom is 0.319 e. The van der Waals surface area contributed by atoms with Crippen LogP contribution in [0.5, 0.6) is 6.01 Å². The number of carbonyl (C=O) groups excluding carboxylic acids is 1. The Morgan fingerprint density at radius 1 is 1.18 bits per heavy atom. The molecule has 2 aromatic heterocycles. The highest BCUT2D eigenvalue weighted by Gasteiger charge is 2.31. The van der Waals surface area contributed by atoms with E-state index in [0.29, 0.717) is 49.6 Å². The topological polar surface area (TPSA) is 77.9 Å². The molecule has 6 rings (SSSR count). The molecule has 230 valence electrons. The van der Waals surface area contributed by atoms with Crippen molar-refractivity contribution < 1.29 is 18.3 Å². The summed E-state index contributed by atoms with van der Waals surface area (Å²) in [7, 11) is 3.92. The van der Waals surface area contributed by atoms with Crippen LogP contribution in [0, 0.1) is 24.0 Å². The van der Waals surface area contributed by atoms with E-state index in [9.17, 15) is 9.18 Å². The Hall–Kier alpha value is -4.30. The lowest BCUT2D eigenvalue weighted by atomic mass is 9.97. The van der Waals surface area contributed by atoms with Crippen LogP contribution in [0.1, 0.15) is 43.2 Å². The van der Waals surface area contributed by atoms with Crippen LogP contribution in [-0.4, -0.2) is 89.6 Å². The van der Waals surface area contributed by atoms with Gasteiger partial charge in [0, 0.05) is 45.0 Å². The summed E-state index contributed by atoms with van der Waals surface area (Å²) in [6.07, 6.45) is 13.8. The lowest BCUT2D eigenvalue weighted by molar-refractivity contribution is -0.126. The maximum absolute atomic E-state index is 16.6. The summed E-state index contributed by atoms with van der Waals surface area (Å²) in [5.41, 5.74) is 1.45. The molecule has 5 heterocycles. The van der Waals surface area contributed by atoms with E-state index >= 15 is 4.39 Å². The van der Waals surface area contributed by atoms with Crippen LogP contribution >= 0.6 is 0 Å². The SMILES string of the molecule is C#Cc1c(F)ccc2c1N(c1ncc3c(N(C)C[C@@H]4CCCN4C(=O)C=C)nc(OC[C@@H]4CCCN4C)nc3c1F)CCC2. The fraction of sp³-hybridized carbons (Fsp3) is 0.455. The third-order valence-corrected chi connectivity index (χ3v) is 9.09. The number of aryl methyl sites for hydroxylation is 1. The molecule has 9 nitrogen and oxygen atoms in total. The Labute approximate surface area is 256 Å². The summed E-state index contributed by atoms with van der Waals surface area (Å²) in [5, 5.41) is 0.410. The molecule has 3 aliphatic heterocycles. The number of fused-ring (bicyclic) bond motifs is 2. The average Bonchev–Trinajstić information content (AvgIpc) is 3.67. The number of hydrogen-bond donors (Lipinski definition) is 0. The van der Waals surface area contributed by atoms with Crippen molar-refractivity contribution in [1.29, 1.82) is 0 Å². The molecule has 0 unspecified atom stereocenters. The zero-order valence-electron chi connectivity index (χ0n) is 25.2. The number of carbonyl (C=O) groups is 1. The number of nitrogens with zero attached hydrogens (tertiary/aromatic N) is 7. The number of benzene rings is 1. The van der Waals surface area contributed by atoms with Gasteiger partial charge in [0.05, 0.1) is 16.6 Å². The van der Waals surface area contributed by atoms with Crippen molar-refractivity contribution in [3.63, 3.8) is 0 Å². The van der Waals surface area contributed by atoms with E-state index in [1.807, 2.05) is 16.8 Å². The lowest BCUT2D eigenvalue weighted by Crippen LogP contribution is -2.41. The Balaban J connectivity index is 1.42. The van der Waals surface area contributed by atoms with Gasteiger partial charge >= 0.3 is 6.01 Å². The first-order valence-electron chi connectivity index (χ1n) is 15.2. The smallest absolute Gasteiger partial charge is 0.319 e. The highest BCUT2D eigenvalue weighted by atomic mass is 19.1. The summed E-state index contributed by atoms with van der Waals surface area (Å²) in [5.74, 6) is 1.62. The van der Waals surface area contributed by atoms with Crippen molar-refractivity contribution in [1.82, 2.24) is 24.8 Å². The average molecular weight is 602 g/mol. The van der Waals surface area contributed by atoms with Gasteiger partial charge in [-0.2, -0.15) is 9.97 Å². The van der Waals surface area contributed by atoms with E-state index in [0.717, 1.165) is 44.2 Å².